The van der Waals surface area contributed by atoms with Gasteiger partial charge in [-0.25, -0.2) is 14.2 Å². The van der Waals surface area contributed by atoms with E-state index in [-0.39, 0.29) is 17.9 Å². The Morgan fingerprint density at radius 1 is 1.15 bits per heavy atom. The van der Waals surface area contributed by atoms with Gasteiger partial charge in [-0.15, -0.1) is 11.3 Å². The Balaban J connectivity index is 1.50. The maximum Gasteiger partial charge on any atom is 0.319 e. The molecule has 3 aromatic rings. The molecule has 0 saturated heterocycles. The minimum Gasteiger partial charge on any atom is -0.329 e. The van der Waals surface area contributed by atoms with Crippen LogP contribution in [-0.2, 0) is 6.42 Å². The van der Waals surface area contributed by atoms with Crippen LogP contribution in [0.1, 0.15) is 29.5 Å². The number of thiazole rings is 1. The quantitative estimate of drug-likeness (QED) is 0.582. The van der Waals surface area contributed by atoms with Gasteiger partial charge in [0.15, 0.2) is 0 Å². The highest BCUT2D eigenvalue weighted by Gasteiger charge is 2.26. The summed E-state index contributed by atoms with van der Waals surface area (Å²) in [6.07, 6.45) is 2.78. The van der Waals surface area contributed by atoms with Gasteiger partial charge in [0.25, 0.3) is 0 Å². The minimum atomic E-state index is -0.272. The Labute approximate surface area is 165 Å². The predicted octanol–water partition coefficient (Wildman–Crippen LogP) is 5.80. The molecule has 0 spiro atoms. The van der Waals surface area contributed by atoms with Crippen molar-refractivity contribution in [2.75, 3.05) is 5.32 Å². The van der Waals surface area contributed by atoms with Crippen molar-refractivity contribution in [2.24, 2.45) is 0 Å². The van der Waals surface area contributed by atoms with Crippen LogP contribution in [0.15, 0.2) is 48.5 Å². The largest absolute Gasteiger partial charge is 0.329 e. The van der Waals surface area contributed by atoms with E-state index in [4.69, 9.17) is 16.6 Å². The number of carbonyl (C=O) groups excluding carboxylic acids is 1. The van der Waals surface area contributed by atoms with Crippen molar-refractivity contribution in [2.45, 2.75) is 25.3 Å². The average Bonchev–Trinajstić information content (AvgIpc) is 3.09. The number of aryl methyl sites for hydroxylation is 1. The van der Waals surface area contributed by atoms with Gasteiger partial charge in [0.1, 0.15) is 10.8 Å². The number of hydrogen-bond donors (Lipinski definition) is 2. The number of anilines is 1. The second kappa shape index (κ2) is 7.66. The van der Waals surface area contributed by atoms with Gasteiger partial charge in [-0.05, 0) is 67.8 Å². The summed E-state index contributed by atoms with van der Waals surface area (Å²) in [5, 5.41) is 7.30. The first-order chi connectivity index (χ1) is 13.1. The van der Waals surface area contributed by atoms with Crippen LogP contribution in [0.25, 0.3) is 10.6 Å². The number of amides is 2. The Bertz CT molecular complexity index is 956. The number of halogens is 2. The molecule has 1 aliphatic carbocycles. The zero-order valence-corrected chi connectivity index (χ0v) is 15.9. The van der Waals surface area contributed by atoms with Gasteiger partial charge in [0, 0.05) is 21.2 Å². The number of nitrogens with zero attached hydrogens (tertiary/aromatic N) is 1. The van der Waals surface area contributed by atoms with Gasteiger partial charge in [-0.1, -0.05) is 11.6 Å². The summed E-state index contributed by atoms with van der Waals surface area (Å²) in [5.41, 5.74) is 2.48. The van der Waals surface area contributed by atoms with Gasteiger partial charge >= 0.3 is 6.03 Å². The fraction of sp³-hybridized carbons (Fsp3) is 0.200. The molecule has 0 fully saturated rings. The summed E-state index contributed by atoms with van der Waals surface area (Å²) < 4.78 is 13.2. The van der Waals surface area contributed by atoms with Gasteiger partial charge < -0.3 is 10.6 Å². The molecule has 1 aliphatic rings. The molecule has 2 aromatic carbocycles. The maximum absolute atomic E-state index is 13.2. The highest BCUT2D eigenvalue weighted by atomic mass is 35.5. The molecule has 27 heavy (non-hydrogen) atoms. The van der Waals surface area contributed by atoms with Crippen molar-refractivity contribution in [1.82, 2.24) is 10.3 Å². The van der Waals surface area contributed by atoms with E-state index in [1.54, 1.807) is 47.7 Å². The highest BCUT2D eigenvalue weighted by molar-refractivity contribution is 7.15. The van der Waals surface area contributed by atoms with Crippen LogP contribution in [0, 0.1) is 5.82 Å². The lowest BCUT2D eigenvalue weighted by atomic mass is 9.98. The van der Waals surface area contributed by atoms with E-state index in [0.29, 0.717) is 10.7 Å². The number of urea groups is 1. The molecular weight excluding hydrogens is 385 g/mol. The third-order valence-corrected chi connectivity index (χ3v) is 5.88. The summed E-state index contributed by atoms with van der Waals surface area (Å²) in [7, 11) is 0. The fourth-order valence-corrected chi connectivity index (χ4v) is 4.43. The number of nitrogens with one attached hydrogen (secondary N) is 2. The SMILES string of the molecule is O=C(Nc1ccc(Cl)cc1)NC1CCCc2sc(-c3ccc(F)cc3)nc21. The summed E-state index contributed by atoms with van der Waals surface area (Å²) in [6.45, 7) is 0. The zero-order chi connectivity index (χ0) is 18.8. The molecule has 1 aromatic heterocycles. The van der Waals surface area contributed by atoms with E-state index in [9.17, 15) is 9.18 Å². The van der Waals surface area contributed by atoms with E-state index in [0.717, 1.165) is 35.5 Å². The summed E-state index contributed by atoms with van der Waals surface area (Å²) >= 11 is 7.48. The topological polar surface area (TPSA) is 54.0 Å². The van der Waals surface area contributed by atoms with Crippen molar-refractivity contribution < 1.29 is 9.18 Å². The third kappa shape index (κ3) is 4.12. The molecule has 2 N–H and O–H groups in total. The molecule has 1 heterocycles. The highest BCUT2D eigenvalue weighted by Crippen LogP contribution is 2.37. The Morgan fingerprint density at radius 3 is 2.63 bits per heavy atom. The maximum atomic E-state index is 13.2. The second-order valence-electron chi connectivity index (χ2n) is 6.38. The summed E-state index contributed by atoms with van der Waals surface area (Å²) in [6, 6.07) is 12.9. The molecule has 0 saturated carbocycles. The predicted molar refractivity (Wildman–Crippen MR) is 107 cm³/mol. The lowest BCUT2D eigenvalue weighted by Crippen LogP contribution is -2.34. The molecule has 4 nitrogen and oxygen atoms in total. The number of benzene rings is 2. The van der Waals surface area contributed by atoms with Crippen LogP contribution >= 0.6 is 22.9 Å². The molecule has 4 rings (SSSR count). The number of carbonyl (C=O) groups is 1. The normalized spacial score (nSPS) is 15.9. The number of fused-ring (bicyclic) bond motifs is 1. The molecule has 0 bridgehead atoms. The number of hydrogen-bond acceptors (Lipinski definition) is 3. The van der Waals surface area contributed by atoms with Crippen LogP contribution in [0.2, 0.25) is 5.02 Å². The standard InChI is InChI=1S/C20H17ClFN3OS/c21-13-6-10-15(11-7-13)23-20(26)24-16-2-1-3-17-18(16)25-19(27-17)12-4-8-14(22)9-5-12/h4-11,16H,1-3H2,(H2,23,24,26). The van der Waals surface area contributed by atoms with Crippen molar-refractivity contribution in [3.05, 3.63) is 69.9 Å². The van der Waals surface area contributed by atoms with Crippen molar-refractivity contribution >= 4 is 34.7 Å². The first-order valence-electron chi connectivity index (χ1n) is 8.67. The lowest BCUT2D eigenvalue weighted by Gasteiger charge is -2.22. The summed E-state index contributed by atoms with van der Waals surface area (Å²) in [5.74, 6) is -0.265. The first kappa shape index (κ1) is 17.9. The number of rotatable bonds is 3. The van der Waals surface area contributed by atoms with Crippen molar-refractivity contribution in [3.63, 3.8) is 0 Å². The number of aromatic nitrogens is 1. The molecule has 2 amide bonds. The van der Waals surface area contributed by atoms with E-state index >= 15 is 0 Å². The van der Waals surface area contributed by atoms with Gasteiger partial charge in [-0.3, -0.25) is 0 Å². The molecule has 138 valence electrons. The molecule has 1 atom stereocenters. The zero-order valence-electron chi connectivity index (χ0n) is 14.3. The first-order valence-corrected chi connectivity index (χ1v) is 9.86. The van der Waals surface area contributed by atoms with E-state index < -0.39 is 0 Å². The molecule has 1 unspecified atom stereocenters. The molecule has 0 radical (unpaired) electrons. The van der Waals surface area contributed by atoms with Gasteiger partial charge in [-0.2, -0.15) is 0 Å². The van der Waals surface area contributed by atoms with Crippen LogP contribution < -0.4 is 10.6 Å². The van der Waals surface area contributed by atoms with Crippen LogP contribution in [0.3, 0.4) is 0 Å². The van der Waals surface area contributed by atoms with E-state index in [1.807, 2.05) is 0 Å². The van der Waals surface area contributed by atoms with Crippen LogP contribution in [0.5, 0.6) is 0 Å². The lowest BCUT2D eigenvalue weighted by molar-refractivity contribution is 0.247. The van der Waals surface area contributed by atoms with Crippen molar-refractivity contribution in [1.29, 1.82) is 0 Å². The second-order valence-corrected chi connectivity index (χ2v) is 7.90. The molecule has 7 heteroatoms. The Hall–Kier alpha value is -2.44. The smallest absolute Gasteiger partial charge is 0.319 e. The Morgan fingerprint density at radius 2 is 1.89 bits per heavy atom. The Kier molecular flexibility index (Phi) is 5.09. The van der Waals surface area contributed by atoms with Gasteiger partial charge in [0.2, 0.25) is 0 Å². The average molecular weight is 402 g/mol. The molecular formula is C20H17ClFN3OS. The third-order valence-electron chi connectivity index (χ3n) is 4.45. The minimum absolute atomic E-state index is 0.133. The van der Waals surface area contributed by atoms with Gasteiger partial charge in [0.05, 0.1) is 11.7 Å². The van der Waals surface area contributed by atoms with E-state index in [1.165, 1.54) is 17.0 Å². The van der Waals surface area contributed by atoms with E-state index in [2.05, 4.69) is 10.6 Å². The monoisotopic (exact) mass is 401 g/mol. The fourth-order valence-electron chi connectivity index (χ4n) is 3.13. The molecule has 0 aliphatic heterocycles. The van der Waals surface area contributed by atoms with Crippen LogP contribution in [0.4, 0.5) is 14.9 Å². The van der Waals surface area contributed by atoms with Crippen LogP contribution in [-0.4, -0.2) is 11.0 Å². The summed E-state index contributed by atoms with van der Waals surface area (Å²) in [4.78, 5) is 18.3. The van der Waals surface area contributed by atoms with Crippen molar-refractivity contribution in [3.8, 4) is 10.6 Å².